The van der Waals surface area contributed by atoms with E-state index in [9.17, 15) is 4.79 Å². The quantitative estimate of drug-likeness (QED) is 0.233. The Morgan fingerprint density at radius 1 is 0.600 bits per heavy atom. The first-order valence-electron chi connectivity index (χ1n) is 11.9. The molecule has 0 radical (unpaired) electrons. The van der Waals surface area contributed by atoms with E-state index in [0.717, 1.165) is 21.6 Å². The molecule has 0 bridgehead atoms. The smallest absolute Gasteiger partial charge is 0.193 e. The van der Waals surface area contributed by atoms with E-state index in [1.165, 1.54) is 27.8 Å². The van der Waals surface area contributed by atoms with Crippen LogP contribution in [0.4, 0.5) is 0 Å². The van der Waals surface area contributed by atoms with Crippen molar-refractivity contribution in [2.45, 2.75) is 26.2 Å². The summed E-state index contributed by atoms with van der Waals surface area (Å²) in [6.45, 7) is 6.55. The summed E-state index contributed by atoms with van der Waals surface area (Å²) in [5.74, 6) is 0.0668. The van der Waals surface area contributed by atoms with Gasteiger partial charge in [-0.2, -0.15) is 0 Å². The van der Waals surface area contributed by atoms with E-state index < -0.39 is 0 Å². The van der Waals surface area contributed by atoms with Crippen molar-refractivity contribution in [3.63, 3.8) is 0 Å². The Morgan fingerprint density at radius 2 is 1.20 bits per heavy atom. The van der Waals surface area contributed by atoms with E-state index in [4.69, 9.17) is 0 Å². The second-order valence-corrected chi connectivity index (χ2v) is 10.8. The molecule has 2 heteroatoms. The topological polar surface area (TPSA) is 17.1 Å². The Bertz CT molecular complexity index is 1450. The lowest BCUT2D eigenvalue weighted by Crippen LogP contribution is -2.11. The predicted molar refractivity (Wildman–Crippen MR) is 149 cm³/mol. The van der Waals surface area contributed by atoms with Crippen LogP contribution >= 0.6 is 11.3 Å². The SMILES string of the molecule is CC(C)(C)c1ccc(C(=O)c2csc(-c3ccc(-c4ccccc4)c(-c4ccccc4)c3)c2)cc1. The van der Waals surface area contributed by atoms with Crippen molar-refractivity contribution in [3.8, 4) is 32.7 Å². The Labute approximate surface area is 211 Å². The minimum Gasteiger partial charge on any atom is -0.289 e. The zero-order chi connectivity index (χ0) is 24.4. The molecule has 0 unspecified atom stereocenters. The Hall–Kier alpha value is -3.75. The first-order chi connectivity index (χ1) is 16.9. The molecule has 0 spiro atoms. The number of rotatable bonds is 5. The molecule has 0 atom stereocenters. The fraction of sp³-hybridized carbons (Fsp3) is 0.121. The van der Waals surface area contributed by atoms with Gasteiger partial charge in [0.15, 0.2) is 5.78 Å². The van der Waals surface area contributed by atoms with Gasteiger partial charge in [-0.25, -0.2) is 0 Å². The van der Waals surface area contributed by atoms with Crippen molar-refractivity contribution in [1.29, 1.82) is 0 Å². The van der Waals surface area contributed by atoms with Crippen molar-refractivity contribution in [1.82, 2.24) is 0 Å². The number of ketones is 1. The summed E-state index contributed by atoms with van der Waals surface area (Å²) < 4.78 is 0. The van der Waals surface area contributed by atoms with E-state index in [1.807, 2.05) is 35.7 Å². The van der Waals surface area contributed by atoms with Gasteiger partial charge in [-0.3, -0.25) is 4.79 Å². The van der Waals surface area contributed by atoms with Crippen LogP contribution in [0.25, 0.3) is 32.7 Å². The van der Waals surface area contributed by atoms with Crippen LogP contribution in [-0.2, 0) is 5.41 Å². The summed E-state index contributed by atoms with van der Waals surface area (Å²) in [6.07, 6.45) is 0. The highest BCUT2D eigenvalue weighted by Crippen LogP contribution is 2.37. The molecular formula is C33H28OS. The van der Waals surface area contributed by atoms with Crippen molar-refractivity contribution in [2.24, 2.45) is 0 Å². The highest BCUT2D eigenvalue weighted by molar-refractivity contribution is 7.13. The van der Waals surface area contributed by atoms with Crippen LogP contribution in [0.2, 0.25) is 0 Å². The van der Waals surface area contributed by atoms with E-state index in [0.29, 0.717) is 0 Å². The van der Waals surface area contributed by atoms with Gasteiger partial charge in [-0.15, -0.1) is 11.3 Å². The Kier molecular flexibility index (Phi) is 6.23. The molecule has 1 nitrogen and oxygen atoms in total. The third-order valence-corrected chi connectivity index (χ3v) is 7.33. The van der Waals surface area contributed by atoms with E-state index in [2.05, 4.69) is 99.6 Å². The first-order valence-corrected chi connectivity index (χ1v) is 12.8. The van der Waals surface area contributed by atoms with Crippen LogP contribution in [0.5, 0.6) is 0 Å². The van der Waals surface area contributed by atoms with Gasteiger partial charge < -0.3 is 0 Å². The molecule has 0 amide bonds. The lowest BCUT2D eigenvalue weighted by Gasteiger charge is -2.18. The maximum absolute atomic E-state index is 13.2. The fourth-order valence-corrected chi connectivity index (χ4v) is 5.21. The maximum Gasteiger partial charge on any atom is 0.193 e. The molecule has 0 saturated carbocycles. The van der Waals surface area contributed by atoms with Crippen molar-refractivity contribution in [2.75, 3.05) is 0 Å². The van der Waals surface area contributed by atoms with Gasteiger partial charge in [0.1, 0.15) is 0 Å². The second kappa shape index (κ2) is 9.48. The number of carbonyl (C=O) groups is 1. The highest BCUT2D eigenvalue weighted by atomic mass is 32.1. The third-order valence-electron chi connectivity index (χ3n) is 6.35. The average molecular weight is 473 g/mol. The maximum atomic E-state index is 13.2. The van der Waals surface area contributed by atoms with E-state index >= 15 is 0 Å². The molecule has 0 saturated heterocycles. The summed E-state index contributed by atoms with van der Waals surface area (Å²) in [4.78, 5) is 14.3. The highest BCUT2D eigenvalue weighted by Gasteiger charge is 2.17. The van der Waals surface area contributed by atoms with Gasteiger partial charge in [0.2, 0.25) is 0 Å². The number of carbonyl (C=O) groups excluding carboxylic acids is 1. The van der Waals surface area contributed by atoms with Gasteiger partial charge in [-0.1, -0.05) is 118 Å². The molecule has 172 valence electrons. The minimum atomic E-state index is 0.0668. The van der Waals surface area contributed by atoms with Gasteiger partial charge in [0.05, 0.1) is 0 Å². The molecule has 0 aliphatic heterocycles. The lowest BCUT2D eigenvalue weighted by molar-refractivity contribution is 0.103. The standard InChI is InChI=1S/C33H28OS/c1-33(2,3)28-17-14-25(15-18-28)32(34)27-21-31(35-22-27)26-16-19-29(23-10-6-4-7-11-23)30(20-26)24-12-8-5-9-13-24/h4-22H,1-3H3. The molecule has 5 aromatic rings. The van der Waals surface area contributed by atoms with Crippen LogP contribution in [0, 0.1) is 0 Å². The number of hydrogen-bond donors (Lipinski definition) is 0. The predicted octanol–water partition coefficient (Wildman–Crippen LogP) is 9.28. The second-order valence-electron chi connectivity index (χ2n) is 9.85. The van der Waals surface area contributed by atoms with Gasteiger partial charge in [0.25, 0.3) is 0 Å². The fourth-order valence-electron chi connectivity index (χ4n) is 4.32. The monoisotopic (exact) mass is 472 g/mol. The Morgan fingerprint density at radius 3 is 1.80 bits per heavy atom. The third kappa shape index (κ3) is 4.89. The summed E-state index contributed by atoms with van der Waals surface area (Å²) in [7, 11) is 0. The summed E-state index contributed by atoms with van der Waals surface area (Å²) >= 11 is 1.62. The molecular weight excluding hydrogens is 444 g/mol. The molecule has 0 aliphatic carbocycles. The zero-order valence-electron chi connectivity index (χ0n) is 20.3. The van der Waals surface area contributed by atoms with Crippen LogP contribution in [0.1, 0.15) is 42.3 Å². The largest absolute Gasteiger partial charge is 0.289 e. The molecule has 1 heterocycles. The van der Waals surface area contributed by atoms with Gasteiger partial charge >= 0.3 is 0 Å². The number of hydrogen-bond acceptors (Lipinski definition) is 2. The van der Waals surface area contributed by atoms with Crippen molar-refractivity contribution in [3.05, 3.63) is 131 Å². The van der Waals surface area contributed by atoms with Crippen molar-refractivity contribution >= 4 is 17.1 Å². The summed E-state index contributed by atoms with van der Waals surface area (Å²) in [6, 6.07) is 37.6. The number of thiophene rings is 1. The summed E-state index contributed by atoms with van der Waals surface area (Å²) in [5.41, 5.74) is 8.65. The van der Waals surface area contributed by atoms with Gasteiger partial charge in [-0.05, 0) is 50.9 Å². The molecule has 0 aliphatic rings. The number of benzene rings is 4. The van der Waals surface area contributed by atoms with E-state index in [-0.39, 0.29) is 11.2 Å². The molecule has 5 rings (SSSR count). The molecule has 35 heavy (non-hydrogen) atoms. The van der Waals surface area contributed by atoms with Crippen LogP contribution in [0.15, 0.2) is 115 Å². The van der Waals surface area contributed by atoms with Crippen LogP contribution < -0.4 is 0 Å². The molecule has 0 fully saturated rings. The van der Waals surface area contributed by atoms with E-state index in [1.54, 1.807) is 11.3 Å². The van der Waals surface area contributed by atoms with Crippen LogP contribution in [0.3, 0.4) is 0 Å². The van der Waals surface area contributed by atoms with Gasteiger partial charge in [0, 0.05) is 21.4 Å². The molecule has 1 aromatic heterocycles. The molecule has 4 aromatic carbocycles. The van der Waals surface area contributed by atoms with Crippen molar-refractivity contribution < 1.29 is 4.79 Å². The Balaban J connectivity index is 1.50. The average Bonchev–Trinajstić information content (AvgIpc) is 3.39. The normalized spacial score (nSPS) is 11.4. The van der Waals surface area contributed by atoms with Crippen LogP contribution in [-0.4, -0.2) is 5.78 Å². The lowest BCUT2D eigenvalue weighted by atomic mass is 9.86. The first kappa shape index (κ1) is 23.0. The molecule has 0 N–H and O–H groups in total. The minimum absolute atomic E-state index is 0.0668. The summed E-state index contributed by atoms with van der Waals surface area (Å²) in [5, 5.41) is 1.97. The zero-order valence-corrected chi connectivity index (χ0v) is 21.1.